The number of halogens is 1. The molecule has 4 heteroatoms. The Kier molecular flexibility index (Phi) is 4.54. The molecule has 2 aromatic rings. The van der Waals surface area contributed by atoms with Crippen LogP contribution in [-0.2, 0) is 13.1 Å². The summed E-state index contributed by atoms with van der Waals surface area (Å²) in [7, 11) is 0. The third-order valence-corrected chi connectivity index (χ3v) is 3.67. The summed E-state index contributed by atoms with van der Waals surface area (Å²) in [4.78, 5) is 7.78. The van der Waals surface area contributed by atoms with Crippen LogP contribution in [0.2, 0.25) is 5.15 Å². The smallest absolute Gasteiger partial charge is 0.129 e. The van der Waals surface area contributed by atoms with Crippen LogP contribution in [0.4, 0.5) is 0 Å². The van der Waals surface area contributed by atoms with Gasteiger partial charge in [-0.2, -0.15) is 0 Å². The Balaban J connectivity index is 2.00. The molecule has 0 saturated heterocycles. The molecule has 17 heavy (non-hydrogen) atoms. The first-order valence-corrected chi connectivity index (χ1v) is 6.89. The van der Waals surface area contributed by atoms with Crippen LogP contribution in [0.25, 0.3) is 0 Å². The molecule has 0 fully saturated rings. The van der Waals surface area contributed by atoms with E-state index in [1.807, 2.05) is 12.1 Å². The second-order valence-electron chi connectivity index (χ2n) is 3.87. The average Bonchev–Trinajstić information content (AvgIpc) is 2.81. The largest absolute Gasteiger partial charge is 0.294 e. The van der Waals surface area contributed by atoms with Crippen LogP contribution in [0.15, 0.2) is 35.8 Å². The molecular weight excluding hydrogens is 252 g/mol. The van der Waals surface area contributed by atoms with Crippen LogP contribution in [0.1, 0.15) is 17.4 Å². The molecule has 2 nitrogen and oxygen atoms in total. The zero-order valence-corrected chi connectivity index (χ0v) is 11.3. The second-order valence-corrected chi connectivity index (χ2v) is 5.29. The molecule has 0 aromatic carbocycles. The van der Waals surface area contributed by atoms with Crippen molar-refractivity contribution in [3.8, 4) is 0 Å². The summed E-state index contributed by atoms with van der Waals surface area (Å²) in [6, 6.07) is 8.21. The topological polar surface area (TPSA) is 16.1 Å². The Hall–Kier alpha value is -0.900. The Labute approximate surface area is 111 Å². The molecule has 0 radical (unpaired) electrons. The number of nitrogens with zero attached hydrogens (tertiary/aromatic N) is 2. The minimum Gasteiger partial charge on any atom is -0.294 e. The molecule has 0 aliphatic rings. The van der Waals surface area contributed by atoms with Gasteiger partial charge < -0.3 is 0 Å². The standard InChI is InChI=1S/C13H15ClN2S/c1-2-16(10-12-4-3-7-17-12)9-11-5-6-15-13(14)8-11/h3-8H,2,9-10H2,1H3. The van der Waals surface area contributed by atoms with Gasteiger partial charge in [0, 0.05) is 24.2 Å². The van der Waals surface area contributed by atoms with Gasteiger partial charge in [0.15, 0.2) is 0 Å². The number of thiophene rings is 1. The van der Waals surface area contributed by atoms with Crippen LogP contribution in [-0.4, -0.2) is 16.4 Å². The summed E-state index contributed by atoms with van der Waals surface area (Å²) in [5, 5.41) is 2.68. The predicted molar refractivity (Wildman–Crippen MR) is 73.4 cm³/mol. The molecule has 0 aliphatic heterocycles. The van der Waals surface area contributed by atoms with Gasteiger partial charge >= 0.3 is 0 Å². The van der Waals surface area contributed by atoms with E-state index in [9.17, 15) is 0 Å². The lowest BCUT2D eigenvalue weighted by atomic mass is 10.2. The highest BCUT2D eigenvalue weighted by Gasteiger charge is 2.06. The minimum atomic E-state index is 0.565. The van der Waals surface area contributed by atoms with Gasteiger partial charge in [-0.05, 0) is 35.7 Å². The first-order valence-electron chi connectivity index (χ1n) is 5.63. The van der Waals surface area contributed by atoms with E-state index in [1.54, 1.807) is 17.5 Å². The van der Waals surface area contributed by atoms with Crippen molar-refractivity contribution in [2.24, 2.45) is 0 Å². The molecule has 0 unspecified atom stereocenters. The fourth-order valence-corrected chi connectivity index (χ4v) is 2.64. The van der Waals surface area contributed by atoms with Crippen molar-refractivity contribution in [3.05, 3.63) is 51.4 Å². The maximum atomic E-state index is 5.89. The van der Waals surface area contributed by atoms with Crippen molar-refractivity contribution in [3.63, 3.8) is 0 Å². The maximum absolute atomic E-state index is 5.89. The molecule has 0 N–H and O–H groups in total. The quantitative estimate of drug-likeness (QED) is 0.765. The maximum Gasteiger partial charge on any atom is 0.129 e. The van der Waals surface area contributed by atoms with Crippen LogP contribution in [0.5, 0.6) is 0 Å². The zero-order valence-electron chi connectivity index (χ0n) is 9.77. The molecule has 0 spiro atoms. The van der Waals surface area contributed by atoms with Gasteiger partial charge in [0.2, 0.25) is 0 Å². The molecule has 2 heterocycles. The Morgan fingerprint density at radius 2 is 2.24 bits per heavy atom. The van der Waals surface area contributed by atoms with Crippen molar-refractivity contribution in [1.82, 2.24) is 9.88 Å². The van der Waals surface area contributed by atoms with E-state index in [0.717, 1.165) is 19.6 Å². The predicted octanol–water partition coefficient (Wildman–Crippen LogP) is 3.82. The van der Waals surface area contributed by atoms with E-state index >= 15 is 0 Å². The number of rotatable bonds is 5. The Morgan fingerprint density at radius 1 is 1.35 bits per heavy atom. The number of pyridine rings is 1. The first kappa shape index (κ1) is 12.6. The highest BCUT2D eigenvalue weighted by atomic mass is 35.5. The van der Waals surface area contributed by atoms with Crippen LogP contribution in [0, 0.1) is 0 Å². The van der Waals surface area contributed by atoms with Gasteiger partial charge in [-0.25, -0.2) is 4.98 Å². The van der Waals surface area contributed by atoms with Gasteiger partial charge in [-0.1, -0.05) is 24.6 Å². The molecule has 0 bridgehead atoms. The Bertz CT molecular complexity index is 456. The average molecular weight is 267 g/mol. The SMILES string of the molecule is CCN(Cc1ccnc(Cl)c1)Cc1cccs1. The van der Waals surface area contributed by atoms with Gasteiger partial charge in [0.25, 0.3) is 0 Å². The molecule has 2 rings (SSSR count). The third-order valence-electron chi connectivity index (χ3n) is 2.60. The van der Waals surface area contributed by atoms with Gasteiger partial charge in [0.1, 0.15) is 5.15 Å². The van der Waals surface area contributed by atoms with Crippen LogP contribution in [0.3, 0.4) is 0 Å². The molecule has 0 saturated carbocycles. The van der Waals surface area contributed by atoms with E-state index in [2.05, 4.69) is 34.3 Å². The molecule has 2 aromatic heterocycles. The monoisotopic (exact) mass is 266 g/mol. The number of hydrogen-bond donors (Lipinski definition) is 0. The Morgan fingerprint density at radius 3 is 2.88 bits per heavy atom. The summed E-state index contributed by atoms with van der Waals surface area (Å²) >= 11 is 7.69. The van der Waals surface area contributed by atoms with Gasteiger partial charge in [-0.3, -0.25) is 4.90 Å². The molecule has 0 amide bonds. The van der Waals surface area contributed by atoms with Crippen molar-refractivity contribution in [2.75, 3.05) is 6.54 Å². The summed E-state index contributed by atoms with van der Waals surface area (Å²) in [6.45, 7) is 5.11. The molecule has 0 aliphatic carbocycles. The van der Waals surface area contributed by atoms with Crippen molar-refractivity contribution in [1.29, 1.82) is 0 Å². The molecular formula is C13H15ClN2S. The summed E-state index contributed by atoms with van der Waals surface area (Å²) in [5.41, 5.74) is 1.21. The normalized spacial score (nSPS) is 11.0. The van der Waals surface area contributed by atoms with E-state index in [1.165, 1.54) is 10.4 Å². The lowest BCUT2D eigenvalue weighted by Gasteiger charge is -2.19. The van der Waals surface area contributed by atoms with Gasteiger partial charge in [0.05, 0.1) is 0 Å². The lowest BCUT2D eigenvalue weighted by molar-refractivity contribution is 0.274. The number of hydrogen-bond acceptors (Lipinski definition) is 3. The molecule has 90 valence electrons. The second kappa shape index (κ2) is 6.15. The highest BCUT2D eigenvalue weighted by Crippen LogP contribution is 2.15. The van der Waals surface area contributed by atoms with E-state index < -0.39 is 0 Å². The fourth-order valence-electron chi connectivity index (χ4n) is 1.70. The molecule has 0 atom stereocenters. The highest BCUT2D eigenvalue weighted by molar-refractivity contribution is 7.09. The van der Waals surface area contributed by atoms with E-state index in [4.69, 9.17) is 11.6 Å². The van der Waals surface area contributed by atoms with E-state index in [0.29, 0.717) is 5.15 Å². The first-order chi connectivity index (χ1) is 8.28. The zero-order chi connectivity index (χ0) is 12.1. The van der Waals surface area contributed by atoms with Crippen LogP contribution < -0.4 is 0 Å². The van der Waals surface area contributed by atoms with Crippen molar-refractivity contribution >= 4 is 22.9 Å². The minimum absolute atomic E-state index is 0.565. The lowest BCUT2D eigenvalue weighted by Crippen LogP contribution is -2.21. The third kappa shape index (κ3) is 3.80. The summed E-state index contributed by atoms with van der Waals surface area (Å²) in [6.07, 6.45) is 1.76. The fraction of sp³-hybridized carbons (Fsp3) is 0.308. The summed E-state index contributed by atoms with van der Waals surface area (Å²) in [5.74, 6) is 0. The number of aromatic nitrogens is 1. The van der Waals surface area contributed by atoms with Crippen molar-refractivity contribution in [2.45, 2.75) is 20.0 Å². The van der Waals surface area contributed by atoms with Gasteiger partial charge in [-0.15, -0.1) is 11.3 Å². The van der Waals surface area contributed by atoms with E-state index in [-0.39, 0.29) is 0 Å². The van der Waals surface area contributed by atoms with Crippen LogP contribution >= 0.6 is 22.9 Å². The van der Waals surface area contributed by atoms with Crippen molar-refractivity contribution < 1.29 is 0 Å². The summed E-state index contributed by atoms with van der Waals surface area (Å²) < 4.78 is 0.